The third-order valence-electron chi connectivity index (χ3n) is 2.80. The van der Waals surface area contributed by atoms with Gasteiger partial charge in [0.2, 0.25) is 0 Å². The summed E-state index contributed by atoms with van der Waals surface area (Å²) < 4.78 is 12.1. The van der Waals surface area contributed by atoms with Gasteiger partial charge in [-0.1, -0.05) is 42.5 Å². The second-order valence-corrected chi connectivity index (χ2v) is 4.65. The molecule has 0 aliphatic rings. The Morgan fingerprint density at radius 2 is 1.47 bits per heavy atom. The molecule has 0 saturated carbocycles. The monoisotopic (exact) mass is 248 g/mol. The van der Waals surface area contributed by atoms with E-state index in [4.69, 9.17) is 0 Å². The minimum atomic E-state index is -0.797. The molecule has 0 heterocycles. The van der Waals surface area contributed by atoms with Crippen LogP contribution in [0.25, 0.3) is 0 Å². The zero-order chi connectivity index (χ0) is 12.3. The lowest BCUT2D eigenvalue weighted by atomic mass is 9.91. The van der Waals surface area contributed by atoms with Crippen LogP contribution in [0, 0.1) is 5.82 Å². The molecule has 0 aliphatic carbocycles. The van der Waals surface area contributed by atoms with E-state index in [1.807, 2.05) is 30.3 Å². The lowest BCUT2D eigenvalue weighted by Gasteiger charge is -2.27. The highest BCUT2D eigenvalue weighted by Crippen LogP contribution is 2.35. The zero-order valence-corrected chi connectivity index (χ0v) is 10.1. The fourth-order valence-corrected chi connectivity index (χ4v) is 2.09. The number of aliphatic hydroxyl groups is 1. The van der Waals surface area contributed by atoms with Crippen molar-refractivity contribution in [3.8, 4) is 0 Å². The quantitative estimate of drug-likeness (QED) is 0.800. The fraction of sp³-hybridized carbons (Fsp3) is 0.143. The highest BCUT2D eigenvalue weighted by molar-refractivity contribution is 7.81. The molecule has 0 aromatic heterocycles. The summed E-state index contributed by atoms with van der Waals surface area (Å²) in [6, 6.07) is 15.5. The third-order valence-corrected chi connectivity index (χ3v) is 3.46. The highest BCUT2D eigenvalue weighted by atomic mass is 32.1. The Kier molecular flexibility index (Phi) is 3.50. The van der Waals surface area contributed by atoms with Gasteiger partial charge in [-0.05, 0) is 23.3 Å². The van der Waals surface area contributed by atoms with Crippen LogP contribution in [-0.4, -0.2) is 11.7 Å². The summed E-state index contributed by atoms with van der Waals surface area (Å²) in [4.78, 5) is 0. The molecular formula is C14H13FOS. The zero-order valence-electron chi connectivity index (χ0n) is 9.18. The number of hydrogen-bond acceptors (Lipinski definition) is 2. The highest BCUT2D eigenvalue weighted by Gasteiger charge is 2.29. The lowest BCUT2D eigenvalue weighted by Crippen LogP contribution is -2.25. The first-order chi connectivity index (χ1) is 8.16. The van der Waals surface area contributed by atoms with Crippen molar-refractivity contribution in [1.82, 2.24) is 0 Å². The molecule has 0 amide bonds. The summed E-state index contributed by atoms with van der Waals surface area (Å²) in [7, 11) is 0. The van der Waals surface area contributed by atoms with E-state index in [0.717, 1.165) is 11.1 Å². The summed E-state index contributed by atoms with van der Waals surface area (Å²) in [5.74, 6) is -0.296. The van der Waals surface area contributed by atoms with E-state index < -0.39 is 4.75 Å². The van der Waals surface area contributed by atoms with Gasteiger partial charge in [-0.3, -0.25) is 0 Å². The minimum Gasteiger partial charge on any atom is -0.394 e. The third kappa shape index (κ3) is 2.35. The van der Waals surface area contributed by atoms with Crippen LogP contribution in [0.1, 0.15) is 11.1 Å². The second-order valence-electron chi connectivity index (χ2n) is 3.89. The summed E-state index contributed by atoms with van der Waals surface area (Å²) >= 11 is 4.56. The van der Waals surface area contributed by atoms with Gasteiger partial charge in [0, 0.05) is 0 Å². The smallest absolute Gasteiger partial charge is 0.123 e. The van der Waals surface area contributed by atoms with Crippen LogP contribution in [0.15, 0.2) is 54.6 Å². The maximum atomic E-state index is 12.9. The maximum Gasteiger partial charge on any atom is 0.123 e. The van der Waals surface area contributed by atoms with E-state index in [1.54, 1.807) is 12.1 Å². The number of rotatable bonds is 3. The first kappa shape index (κ1) is 12.1. The SMILES string of the molecule is OCC(S)(c1ccccc1)c1ccc(F)cc1. The minimum absolute atomic E-state index is 0.147. The van der Waals surface area contributed by atoms with E-state index >= 15 is 0 Å². The fourth-order valence-electron chi connectivity index (χ4n) is 1.79. The van der Waals surface area contributed by atoms with Crippen LogP contribution in [0.3, 0.4) is 0 Å². The molecule has 1 nitrogen and oxygen atoms in total. The predicted octanol–water partition coefficient (Wildman–Crippen LogP) is 2.99. The topological polar surface area (TPSA) is 20.2 Å². The molecule has 1 unspecified atom stereocenters. The maximum absolute atomic E-state index is 12.9. The summed E-state index contributed by atoms with van der Waals surface area (Å²) in [6.07, 6.45) is 0. The van der Waals surface area contributed by atoms with E-state index in [-0.39, 0.29) is 12.4 Å². The van der Waals surface area contributed by atoms with Crippen molar-refractivity contribution in [3.05, 3.63) is 71.5 Å². The van der Waals surface area contributed by atoms with Gasteiger partial charge in [-0.15, -0.1) is 0 Å². The Morgan fingerprint density at radius 1 is 0.941 bits per heavy atom. The Hall–Kier alpha value is -1.32. The van der Waals surface area contributed by atoms with Crippen molar-refractivity contribution in [3.63, 3.8) is 0 Å². The molecule has 17 heavy (non-hydrogen) atoms. The molecule has 3 heteroatoms. The molecule has 2 rings (SSSR count). The van der Waals surface area contributed by atoms with E-state index in [9.17, 15) is 9.50 Å². The van der Waals surface area contributed by atoms with Crippen LogP contribution >= 0.6 is 12.6 Å². The van der Waals surface area contributed by atoms with Crippen molar-refractivity contribution >= 4 is 12.6 Å². The normalized spacial score (nSPS) is 14.3. The van der Waals surface area contributed by atoms with Crippen molar-refractivity contribution in [2.75, 3.05) is 6.61 Å². The molecule has 0 fully saturated rings. The van der Waals surface area contributed by atoms with Crippen LogP contribution < -0.4 is 0 Å². The van der Waals surface area contributed by atoms with Gasteiger partial charge < -0.3 is 5.11 Å². The van der Waals surface area contributed by atoms with E-state index in [2.05, 4.69) is 12.6 Å². The molecule has 0 spiro atoms. The summed E-state index contributed by atoms with van der Waals surface area (Å²) in [5.41, 5.74) is 1.66. The Balaban J connectivity index is 2.48. The number of thiol groups is 1. The number of aliphatic hydroxyl groups excluding tert-OH is 1. The number of benzene rings is 2. The van der Waals surface area contributed by atoms with E-state index in [1.165, 1.54) is 12.1 Å². The largest absolute Gasteiger partial charge is 0.394 e. The first-order valence-electron chi connectivity index (χ1n) is 5.31. The lowest BCUT2D eigenvalue weighted by molar-refractivity contribution is 0.268. The molecule has 0 radical (unpaired) electrons. The van der Waals surface area contributed by atoms with Crippen molar-refractivity contribution in [1.29, 1.82) is 0 Å². The number of halogens is 1. The van der Waals surface area contributed by atoms with Gasteiger partial charge in [-0.2, -0.15) is 12.6 Å². The van der Waals surface area contributed by atoms with Crippen molar-refractivity contribution in [2.45, 2.75) is 4.75 Å². The molecule has 1 atom stereocenters. The molecule has 0 saturated heterocycles. The molecule has 0 aliphatic heterocycles. The second kappa shape index (κ2) is 4.90. The van der Waals surface area contributed by atoms with Gasteiger partial charge in [0.25, 0.3) is 0 Å². The van der Waals surface area contributed by atoms with Crippen LogP contribution in [0.2, 0.25) is 0 Å². The Bertz CT molecular complexity index is 483. The van der Waals surface area contributed by atoms with E-state index in [0.29, 0.717) is 0 Å². The molecule has 2 aromatic rings. The molecular weight excluding hydrogens is 235 g/mol. The van der Waals surface area contributed by atoms with Gasteiger partial charge in [0.15, 0.2) is 0 Å². The van der Waals surface area contributed by atoms with Gasteiger partial charge >= 0.3 is 0 Å². The van der Waals surface area contributed by atoms with Gasteiger partial charge in [0.1, 0.15) is 5.82 Å². The predicted molar refractivity (Wildman–Crippen MR) is 69.7 cm³/mol. The molecule has 0 bridgehead atoms. The van der Waals surface area contributed by atoms with Gasteiger partial charge in [0.05, 0.1) is 11.4 Å². The molecule has 1 N–H and O–H groups in total. The Morgan fingerprint density at radius 3 is 2.00 bits per heavy atom. The molecule has 88 valence electrons. The van der Waals surface area contributed by atoms with Crippen molar-refractivity contribution < 1.29 is 9.50 Å². The number of hydrogen-bond donors (Lipinski definition) is 2. The molecule has 2 aromatic carbocycles. The average Bonchev–Trinajstić information content (AvgIpc) is 2.40. The van der Waals surface area contributed by atoms with Gasteiger partial charge in [-0.25, -0.2) is 4.39 Å². The average molecular weight is 248 g/mol. The van der Waals surface area contributed by atoms with Crippen LogP contribution in [0.5, 0.6) is 0 Å². The van der Waals surface area contributed by atoms with Crippen molar-refractivity contribution in [2.24, 2.45) is 0 Å². The summed E-state index contributed by atoms with van der Waals surface area (Å²) in [5, 5.41) is 9.59. The van der Waals surface area contributed by atoms with Crippen LogP contribution in [-0.2, 0) is 4.75 Å². The Labute approximate surface area is 105 Å². The van der Waals surface area contributed by atoms with Crippen LogP contribution in [0.4, 0.5) is 4.39 Å². The standard InChI is InChI=1S/C14H13FOS/c15-13-8-6-12(7-9-13)14(17,10-16)11-4-2-1-3-5-11/h1-9,16-17H,10H2. The summed E-state index contributed by atoms with van der Waals surface area (Å²) in [6.45, 7) is -0.147. The first-order valence-corrected chi connectivity index (χ1v) is 5.76.